The third-order valence-corrected chi connectivity index (χ3v) is 3.15. The van der Waals surface area contributed by atoms with Gasteiger partial charge in [0.05, 0.1) is 10.4 Å². The highest BCUT2D eigenvalue weighted by molar-refractivity contribution is 9.10. The second kappa shape index (κ2) is 4.63. The molecule has 2 nitrogen and oxygen atoms in total. The zero-order valence-corrected chi connectivity index (χ0v) is 10.2. The molecule has 0 heterocycles. The molecule has 0 amide bonds. The predicted molar refractivity (Wildman–Crippen MR) is 55.1 cm³/mol. The van der Waals surface area contributed by atoms with Crippen molar-refractivity contribution in [2.24, 2.45) is 0 Å². The van der Waals surface area contributed by atoms with E-state index in [4.69, 9.17) is 16.7 Å². The van der Waals surface area contributed by atoms with E-state index < -0.39 is 44.4 Å². The molecule has 0 saturated heterocycles. The minimum atomic E-state index is -1.59. The van der Waals surface area contributed by atoms with Crippen LogP contribution in [0.2, 0.25) is 5.02 Å². The molecule has 0 saturated carbocycles. The fourth-order valence-corrected chi connectivity index (χ4v) is 2.13. The third-order valence-electron chi connectivity index (χ3n) is 2.05. The first kappa shape index (κ1) is 13.3. The molecule has 1 rings (SSSR count). The Labute approximate surface area is 102 Å². The van der Waals surface area contributed by atoms with E-state index in [9.17, 15) is 18.0 Å². The van der Waals surface area contributed by atoms with Gasteiger partial charge < -0.3 is 5.11 Å². The van der Waals surface area contributed by atoms with Gasteiger partial charge in [-0.3, -0.25) is 4.79 Å². The molecule has 1 aromatic rings. The highest BCUT2D eigenvalue weighted by Crippen LogP contribution is 2.36. The van der Waals surface area contributed by atoms with Gasteiger partial charge in [0.25, 0.3) is 0 Å². The van der Waals surface area contributed by atoms with Crippen LogP contribution in [0.4, 0.5) is 13.2 Å². The van der Waals surface area contributed by atoms with Crippen molar-refractivity contribution in [3.05, 3.63) is 32.5 Å². The molecule has 0 aromatic heterocycles. The van der Waals surface area contributed by atoms with E-state index >= 15 is 0 Å². The first-order chi connectivity index (χ1) is 7.29. The summed E-state index contributed by atoms with van der Waals surface area (Å²) in [6.45, 7) is 1.11. The number of carboxylic acid groups (broad SMARTS) is 1. The molecule has 88 valence electrons. The summed E-state index contributed by atoms with van der Waals surface area (Å²) in [5, 5.41) is 7.66. The van der Waals surface area contributed by atoms with Crippen molar-refractivity contribution in [1.82, 2.24) is 0 Å². The van der Waals surface area contributed by atoms with Crippen LogP contribution in [0.25, 0.3) is 0 Å². The minimum Gasteiger partial charge on any atom is -0.481 e. The lowest BCUT2D eigenvalue weighted by Gasteiger charge is -2.13. The summed E-state index contributed by atoms with van der Waals surface area (Å²) < 4.78 is 39.3. The van der Waals surface area contributed by atoms with Gasteiger partial charge in [0.1, 0.15) is 5.02 Å². The van der Waals surface area contributed by atoms with Gasteiger partial charge in [-0.1, -0.05) is 11.6 Å². The number of carbonyl (C=O) groups is 1. The Bertz CT molecular complexity index is 436. The Morgan fingerprint density at radius 2 is 1.81 bits per heavy atom. The molecule has 0 radical (unpaired) electrons. The highest BCUT2D eigenvalue weighted by atomic mass is 79.9. The summed E-state index contributed by atoms with van der Waals surface area (Å²) >= 11 is 7.83. The number of halogens is 5. The van der Waals surface area contributed by atoms with Gasteiger partial charge >= 0.3 is 5.97 Å². The second-order valence-electron chi connectivity index (χ2n) is 3.04. The molecule has 1 unspecified atom stereocenters. The van der Waals surface area contributed by atoms with Gasteiger partial charge in [-0.15, -0.1) is 0 Å². The van der Waals surface area contributed by atoms with Crippen LogP contribution in [-0.2, 0) is 4.79 Å². The fraction of sp³-hybridized carbons (Fsp3) is 0.222. The van der Waals surface area contributed by atoms with E-state index in [1.807, 2.05) is 0 Å². The van der Waals surface area contributed by atoms with Gasteiger partial charge in [0.2, 0.25) is 0 Å². The van der Waals surface area contributed by atoms with Crippen molar-refractivity contribution < 1.29 is 23.1 Å². The molecule has 0 aliphatic carbocycles. The molecule has 1 aromatic carbocycles. The van der Waals surface area contributed by atoms with E-state index in [1.165, 1.54) is 0 Å². The largest absolute Gasteiger partial charge is 0.481 e. The first-order valence-corrected chi connectivity index (χ1v) is 5.20. The molecule has 0 aliphatic heterocycles. The summed E-state index contributed by atoms with van der Waals surface area (Å²) in [6.07, 6.45) is 0. The quantitative estimate of drug-likeness (QED) is 0.667. The Morgan fingerprint density at radius 1 is 1.31 bits per heavy atom. The summed E-state index contributed by atoms with van der Waals surface area (Å²) in [5.74, 6) is -7.07. The maximum absolute atomic E-state index is 13.4. The van der Waals surface area contributed by atoms with E-state index in [2.05, 4.69) is 15.9 Å². The van der Waals surface area contributed by atoms with Gasteiger partial charge in [-0.2, -0.15) is 0 Å². The number of benzene rings is 1. The second-order valence-corrected chi connectivity index (χ2v) is 4.21. The SMILES string of the molecule is CC(C(=O)O)c1c(F)c(F)c(Cl)c(F)c1Br. The van der Waals surface area contributed by atoms with Crippen LogP contribution < -0.4 is 0 Å². The number of hydrogen-bond donors (Lipinski definition) is 1. The number of carboxylic acids is 1. The summed E-state index contributed by atoms with van der Waals surface area (Å²) in [6, 6.07) is 0. The van der Waals surface area contributed by atoms with Gasteiger partial charge in [-0.25, -0.2) is 13.2 Å². The van der Waals surface area contributed by atoms with Gasteiger partial charge in [0, 0.05) is 5.56 Å². The van der Waals surface area contributed by atoms with Crippen molar-refractivity contribution in [3.8, 4) is 0 Å². The van der Waals surface area contributed by atoms with Crippen LogP contribution in [0.5, 0.6) is 0 Å². The third kappa shape index (κ3) is 2.04. The molecule has 7 heteroatoms. The smallest absolute Gasteiger partial charge is 0.310 e. The molecule has 0 spiro atoms. The van der Waals surface area contributed by atoms with Crippen LogP contribution in [0.15, 0.2) is 4.47 Å². The molecule has 0 aliphatic rings. The van der Waals surface area contributed by atoms with Crippen LogP contribution >= 0.6 is 27.5 Å². The molecule has 1 N–H and O–H groups in total. The van der Waals surface area contributed by atoms with Gasteiger partial charge in [-0.05, 0) is 22.9 Å². The maximum Gasteiger partial charge on any atom is 0.310 e. The van der Waals surface area contributed by atoms with E-state index in [-0.39, 0.29) is 0 Å². The van der Waals surface area contributed by atoms with E-state index in [0.29, 0.717) is 0 Å². The minimum absolute atomic E-state index is 0.480. The van der Waals surface area contributed by atoms with Crippen LogP contribution in [-0.4, -0.2) is 11.1 Å². The van der Waals surface area contributed by atoms with Crippen LogP contribution in [0.3, 0.4) is 0 Å². The first-order valence-electron chi connectivity index (χ1n) is 4.03. The van der Waals surface area contributed by atoms with Crippen LogP contribution in [0, 0.1) is 17.5 Å². The van der Waals surface area contributed by atoms with E-state index in [1.54, 1.807) is 0 Å². The molecule has 1 atom stereocenters. The summed E-state index contributed by atoms with van der Waals surface area (Å²) in [4.78, 5) is 10.6. The molecular weight excluding hydrogens is 312 g/mol. The number of aliphatic carboxylic acids is 1. The number of hydrogen-bond acceptors (Lipinski definition) is 1. The monoisotopic (exact) mass is 316 g/mol. The lowest BCUT2D eigenvalue weighted by molar-refractivity contribution is -0.138. The molecular formula is C9H5BrClF3O2. The molecule has 16 heavy (non-hydrogen) atoms. The average molecular weight is 317 g/mol. The number of rotatable bonds is 2. The predicted octanol–water partition coefficient (Wildman–Crippen LogP) is 3.71. The summed E-state index contributed by atoms with van der Waals surface area (Å²) in [7, 11) is 0. The zero-order valence-electron chi connectivity index (χ0n) is 7.82. The average Bonchev–Trinajstić information content (AvgIpc) is 2.23. The standard InChI is InChI=1S/C9H5BrClF3O2/c1-2(9(15)16)3-4(10)7(13)5(11)8(14)6(3)12/h2H,1H3,(H,15,16). The fourth-order valence-electron chi connectivity index (χ4n) is 1.13. The lowest BCUT2D eigenvalue weighted by Crippen LogP contribution is -2.12. The maximum atomic E-state index is 13.4. The Hall–Kier alpha value is -0.750. The highest BCUT2D eigenvalue weighted by Gasteiger charge is 2.28. The summed E-state index contributed by atoms with van der Waals surface area (Å²) in [5.41, 5.74) is -0.605. The Kier molecular flexibility index (Phi) is 3.85. The zero-order chi connectivity index (χ0) is 12.6. The molecule has 0 fully saturated rings. The van der Waals surface area contributed by atoms with Crippen LogP contribution in [0.1, 0.15) is 18.4 Å². The Balaban J connectivity index is 3.57. The Morgan fingerprint density at radius 3 is 2.25 bits per heavy atom. The van der Waals surface area contributed by atoms with Crippen molar-refractivity contribution in [3.63, 3.8) is 0 Å². The lowest BCUT2D eigenvalue weighted by atomic mass is 10.0. The van der Waals surface area contributed by atoms with E-state index in [0.717, 1.165) is 6.92 Å². The van der Waals surface area contributed by atoms with Crippen molar-refractivity contribution in [2.45, 2.75) is 12.8 Å². The normalized spacial score (nSPS) is 12.6. The van der Waals surface area contributed by atoms with Gasteiger partial charge in [0.15, 0.2) is 17.5 Å². The molecule has 0 bridgehead atoms. The van der Waals surface area contributed by atoms with Crippen molar-refractivity contribution in [1.29, 1.82) is 0 Å². The van der Waals surface area contributed by atoms with Crippen molar-refractivity contribution in [2.75, 3.05) is 0 Å². The topological polar surface area (TPSA) is 37.3 Å². The van der Waals surface area contributed by atoms with Crippen molar-refractivity contribution >= 4 is 33.5 Å².